The zero-order chi connectivity index (χ0) is 12.0. The second kappa shape index (κ2) is 6.27. The number of aliphatic carboxylic acids is 1. The van der Waals surface area contributed by atoms with Crippen molar-refractivity contribution in [1.29, 1.82) is 0 Å². The highest BCUT2D eigenvalue weighted by Crippen LogP contribution is 2.22. The van der Waals surface area contributed by atoms with Crippen LogP contribution in [0.2, 0.25) is 0 Å². The maximum absolute atomic E-state index is 10.2. The van der Waals surface area contributed by atoms with Gasteiger partial charge in [-0.05, 0) is 35.0 Å². The van der Waals surface area contributed by atoms with Crippen molar-refractivity contribution in [3.8, 4) is 5.75 Å². The number of nitrogens with zero attached hydrogens (tertiary/aromatic N) is 1. The van der Waals surface area contributed by atoms with Gasteiger partial charge >= 0.3 is 5.97 Å². The van der Waals surface area contributed by atoms with E-state index in [0.717, 1.165) is 6.08 Å². The monoisotopic (exact) mass is 285 g/mol. The number of hydrogen-bond donors (Lipinski definition) is 1. The van der Waals surface area contributed by atoms with Crippen LogP contribution in [-0.4, -0.2) is 22.2 Å². The van der Waals surface area contributed by atoms with Gasteiger partial charge in [0.05, 0.1) is 6.10 Å². The van der Waals surface area contributed by atoms with E-state index in [4.69, 9.17) is 9.84 Å². The molecule has 1 N–H and O–H groups in total. The number of hydrogen-bond acceptors (Lipinski definition) is 3. The number of halogens is 1. The van der Waals surface area contributed by atoms with E-state index in [1.165, 1.54) is 0 Å². The van der Waals surface area contributed by atoms with E-state index >= 15 is 0 Å². The van der Waals surface area contributed by atoms with Gasteiger partial charge in [0.25, 0.3) is 0 Å². The highest BCUT2D eigenvalue weighted by atomic mass is 79.9. The van der Waals surface area contributed by atoms with Crippen molar-refractivity contribution in [2.45, 2.75) is 19.4 Å². The Morgan fingerprint density at radius 3 is 3.12 bits per heavy atom. The number of aromatic nitrogens is 1. The average Bonchev–Trinajstić information content (AvgIpc) is 2.21. The van der Waals surface area contributed by atoms with Crippen LogP contribution in [0.25, 0.3) is 0 Å². The molecule has 1 heterocycles. The number of ether oxygens (including phenoxy) is 1. The summed E-state index contributed by atoms with van der Waals surface area (Å²) in [4.78, 5) is 14.3. The van der Waals surface area contributed by atoms with Gasteiger partial charge in [0.15, 0.2) is 5.75 Å². The molecule has 0 aliphatic rings. The smallest absolute Gasteiger partial charge is 0.327 e. The lowest BCUT2D eigenvalue weighted by Gasteiger charge is -2.13. The van der Waals surface area contributed by atoms with Gasteiger partial charge in [-0.25, -0.2) is 9.78 Å². The van der Waals surface area contributed by atoms with Crippen LogP contribution in [0.3, 0.4) is 0 Å². The van der Waals surface area contributed by atoms with Gasteiger partial charge in [0, 0.05) is 18.7 Å². The van der Waals surface area contributed by atoms with Crippen molar-refractivity contribution in [2.75, 3.05) is 0 Å². The molecule has 0 amide bonds. The first-order valence-electron chi connectivity index (χ1n) is 4.76. The summed E-state index contributed by atoms with van der Waals surface area (Å²) in [6.07, 6.45) is 4.77. The molecular formula is C11H12BrNO3. The molecule has 4 nitrogen and oxygen atoms in total. The molecule has 0 bridgehead atoms. The van der Waals surface area contributed by atoms with E-state index in [1.807, 2.05) is 6.92 Å². The number of carbonyl (C=O) groups is 1. The van der Waals surface area contributed by atoms with Crippen LogP contribution in [0, 0.1) is 0 Å². The molecule has 0 unspecified atom stereocenters. The zero-order valence-corrected chi connectivity index (χ0v) is 10.3. The van der Waals surface area contributed by atoms with Crippen molar-refractivity contribution in [2.24, 2.45) is 0 Å². The summed E-state index contributed by atoms with van der Waals surface area (Å²) >= 11 is 3.27. The summed E-state index contributed by atoms with van der Waals surface area (Å²) in [5, 5.41) is 8.42. The van der Waals surface area contributed by atoms with Gasteiger partial charge in [-0.1, -0.05) is 6.08 Å². The lowest BCUT2D eigenvalue weighted by Crippen LogP contribution is -2.11. The third-order valence-corrected chi connectivity index (χ3v) is 2.38. The van der Waals surface area contributed by atoms with E-state index < -0.39 is 5.97 Å². The van der Waals surface area contributed by atoms with Gasteiger partial charge in [0.2, 0.25) is 0 Å². The quantitative estimate of drug-likeness (QED) is 0.667. The second-order valence-electron chi connectivity index (χ2n) is 3.20. The highest BCUT2D eigenvalue weighted by molar-refractivity contribution is 9.10. The minimum Gasteiger partial charge on any atom is -0.488 e. The fourth-order valence-electron chi connectivity index (χ4n) is 1.08. The summed E-state index contributed by atoms with van der Waals surface area (Å²) in [6, 6.07) is 3.58. The Kier molecular flexibility index (Phi) is 4.98. The first-order chi connectivity index (χ1) is 7.59. The fraction of sp³-hybridized carbons (Fsp3) is 0.273. The van der Waals surface area contributed by atoms with Crippen LogP contribution in [-0.2, 0) is 4.79 Å². The summed E-state index contributed by atoms with van der Waals surface area (Å²) < 4.78 is 6.22. The molecule has 1 atom stereocenters. The van der Waals surface area contributed by atoms with E-state index in [9.17, 15) is 4.79 Å². The van der Waals surface area contributed by atoms with Gasteiger partial charge in [-0.2, -0.15) is 0 Å². The number of pyridine rings is 1. The van der Waals surface area contributed by atoms with Gasteiger partial charge in [-0.3, -0.25) is 0 Å². The maximum atomic E-state index is 10.2. The SMILES string of the molecule is C[C@H](C/C=C/C(=O)O)Oc1cccnc1Br. The molecule has 0 radical (unpaired) electrons. The maximum Gasteiger partial charge on any atom is 0.327 e. The van der Waals surface area contributed by atoms with E-state index in [1.54, 1.807) is 24.4 Å². The molecule has 0 aliphatic carbocycles. The summed E-state index contributed by atoms with van der Waals surface area (Å²) in [6.45, 7) is 1.87. The average molecular weight is 286 g/mol. The standard InChI is InChI=1S/C11H12BrNO3/c1-8(4-2-6-10(14)15)16-9-5-3-7-13-11(9)12/h2-3,5-8H,4H2,1H3,(H,14,15)/b6-2+/t8-/m1/s1. The van der Waals surface area contributed by atoms with Crippen LogP contribution >= 0.6 is 15.9 Å². The highest BCUT2D eigenvalue weighted by Gasteiger charge is 2.05. The molecule has 0 saturated carbocycles. The second-order valence-corrected chi connectivity index (χ2v) is 3.95. The van der Waals surface area contributed by atoms with Crippen LogP contribution in [0.5, 0.6) is 5.75 Å². The van der Waals surface area contributed by atoms with Crippen molar-refractivity contribution < 1.29 is 14.6 Å². The topological polar surface area (TPSA) is 59.4 Å². The predicted molar refractivity (Wildman–Crippen MR) is 63.4 cm³/mol. The lowest BCUT2D eigenvalue weighted by atomic mass is 10.2. The zero-order valence-electron chi connectivity index (χ0n) is 8.76. The Hall–Kier alpha value is -1.36. The molecule has 86 valence electrons. The van der Waals surface area contributed by atoms with E-state index in [0.29, 0.717) is 16.8 Å². The number of carboxylic acid groups (broad SMARTS) is 1. The third-order valence-electron chi connectivity index (χ3n) is 1.78. The first kappa shape index (κ1) is 12.7. The van der Waals surface area contributed by atoms with Crippen molar-refractivity contribution in [1.82, 2.24) is 4.98 Å². The molecule has 1 aromatic heterocycles. The minimum absolute atomic E-state index is 0.101. The molecular weight excluding hydrogens is 274 g/mol. The molecule has 1 rings (SSSR count). The van der Waals surface area contributed by atoms with Gasteiger partial charge in [0.1, 0.15) is 4.60 Å². The Balaban J connectivity index is 2.49. The molecule has 0 fully saturated rings. The van der Waals surface area contributed by atoms with Crippen LogP contribution in [0.4, 0.5) is 0 Å². The molecule has 0 aliphatic heterocycles. The number of carboxylic acids is 1. The third kappa shape index (κ3) is 4.44. The Labute approximate surface area is 102 Å². The van der Waals surface area contributed by atoms with E-state index in [-0.39, 0.29) is 6.10 Å². The minimum atomic E-state index is -0.949. The van der Waals surface area contributed by atoms with Crippen LogP contribution < -0.4 is 4.74 Å². The summed E-state index contributed by atoms with van der Waals surface area (Å²) in [5.74, 6) is -0.298. The van der Waals surface area contributed by atoms with Crippen molar-refractivity contribution in [3.63, 3.8) is 0 Å². The predicted octanol–water partition coefficient (Wildman–Crippen LogP) is 2.64. The lowest BCUT2D eigenvalue weighted by molar-refractivity contribution is -0.131. The summed E-state index contributed by atoms with van der Waals surface area (Å²) in [5.41, 5.74) is 0. The van der Waals surface area contributed by atoms with Crippen molar-refractivity contribution in [3.05, 3.63) is 35.1 Å². The molecule has 5 heteroatoms. The largest absolute Gasteiger partial charge is 0.488 e. The van der Waals surface area contributed by atoms with E-state index in [2.05, 4.69) is 20.9 Å². The van der Waals surface area contributed by atoms with Gasteiger partial charge in [-0.15, -0.1) is 0 Å². The Morgan fingerprint density at radius 2 is 2.50 bits per heavy atom. The number of rotatable bonds is 5. The van der Waals surface area contributed by atoms with Gasteiger partial charge < -0.3 is 9.84 Å². The van der Waals surface area contributed by atoms with Crippen LogP contribution in [0.15, 0.2) is 35.1 Å². The first-order valence-corrected chi connectivity index (χ1v) is 5.55. The molecule has 0 saturated heterocycles. The van der Waals surface area contributed by atoms with Crippen molar-refractivity contribution >= 4 is 21.9 Å². The molecule has 0 aromatic carbocycles. The van der Waals surface area contributed by atoms with Crippen LogP contribution in [0.1, 0.15) is 13.3 Å². The molecule has 1 aromatic rings. The molecule has 16 heavy (non-hydrogen) atoms. The Morgan fingerprint density at radius 1 is 1.75 bits per heavy atom. The normalized spacial score (nSPS) is 12.6. The molecule has 0 spiro atoms. The Bertz CT molecular complexity index is 393. The fourth-order valence-corrected chi connectivity index (χ4v) is 1.43. The summed E-state index contributed by atoms with van der Waals surface area (Å²) in [7, 11) is 0.